The first-order valence-corrected chi connectivity index (χ1v) is 12.6. The highest BCUT2D eigenvalue weighted by Crippen LogP contribution is 2.37. The van der Waals surface area contributed by atoms with Crippen LogP contribution in [0.3, 0.4) is 0 Å². The van der Waals surface area contributed by atoms with E-state index in [2.05, 4.69) is 4.98 Å². The van der Waals surface area contributed by atoms with E-state index in [0.29, 0.717) is 11.4 Å². The number of aryl methyl sites for hydroxylation is 2. The predicted molar refractivity (Wildman–Crippen MR) is 130 cm³/mol. The highest BCUT2D eigenvalue weighted by molar-refractivity contribution is 7.94. The van der Waals surface area contributed by atoms with E-state index in [1.54, 1.807) is 17.5 Å². The molecular weight excluding hydrogens is 460 g/mol. The second-order valence-electron chi connectivity index (χ2n) is 7.80. The normalized spacial score (nSPS) is 11.8. The predicted octanol–water partition coefficient (Wildman–Crippen LogP) is 5.04. The smallest absolute Gasteiger partial charge is 0.328 e. The summed E-state index contributed by atoms with van der Waals surface area (Å²) >= 11 is 1.08. The van der Waals surface area contributed by atoms with Crippen molar-refractivity contribution in [2.75, 3.05) is 4.31 Å². The maximum absolute atomic E-state index is 13.4. The molecule has 0 saturated carbocycles. The minimum atomic E-state index is -3.86. The van der Waals surface area contributed by atoms with E-state index >= 15 is 0 Å². The summed E-state index contributed by atoms with van der Waals surface area (Å²) in [6.45, 7) is 7.73. The van der Waals surface area contributed by atoms with Gasteiger partial charge in [-0.3, -0.25) is 4.31 Å². The van der Waals surface area contributed by atoms with Crippen molar-refractivity contribution >= 4 is 39.1 Å². The molecule has 7 nitrogen and oxygen atoms in total. The average molecular weight is 487 g/mol. The van der Waals surface area contributed by atoms with E-state index in [1.807, 2.05) is 52.0 Å². The van der Waals surface area contributed by atoms with Crippen LogP contribution in [0.15, 0.2) is 58.4 Å². The van der Waals surface area contributed by atoms with Crippen molar-refractivity contribution in [3.8, 4) is 5.75 Å². The van der Waals surface area contributed by atoms with Crippen LogP contribution >= 0.6 is 11.3 Å². The second kappa shape index (κ2) is 10.2. The van der Waals surface area contributed by atoms with Crippen molar-refractivity contribution in [3.05, 3.63) is 76.3 Å². The zero-order valence-corrected chi connectivity index (χ0v) is 20.5. The van der Waals surface area contributed by atoms with E-state index in [4.69, 9.17) is 9.84 Å². The fourth-order valence-electron chi connectivity index (χ4n) is 3.22. The number of aliphatic carboxylic acids is 1. The number of anilines is 1. The maximum Gasteiger partial charge on any atom is 0.328 e. The number of carboxylic acids is 1. The van der Waals surface area contributed by atoms with Crippen molar-refractivity contribution < 1.29 is 23.1 Å². The third-order valence-corrected chi connectivity index (χ3v) is 8.13. The van der Waals surface area contributed by atoms with Gasteiger partial charge in [-0.1, -0.05) is 24.3 Å². The Morgan fingerprint density at radius 2 is 1.85 bits per heavy atom. The molecule has 0 spiro atoms. The monoisotopic (exact) mass is 486 g/mol. The molecule has 174 valence electrons. The largest absolute Gasteiger partial charge is 0.487 e. The number of hydrogen-bond acceptors (Lipinski definition) is 6. The Morgan fingerprint density at radius 1 is 1.18 bits per heavy atom. The van der Waals surface area contributed by atoms with Crippen LogP contribution in [0.1, 0.15) is 36.1 Å². The lowest BCUT2D eigenvalue weighted by Crippen LogP contribution is -2.37. The third kappa shape index (κ3) is 5.80. The zero-order valence-electron chi connectivity index (χ0n) is 18.8. The maximum atomic E-state index is 13.4. The van der Waals surface area contributed by atoms with Crippen LogP contribution in [0.2, 0.25) is 0 Å². The van der Waals surface area contributed by atoms with Crippen molar-refractivity contribution in [1.82, 2.24) is 4.98 Å². The molecule has 3 aromatic rings. The minimum Gasteiger partial charge on any atom is -0.487 e. The number of carbonyl (C=O) groups is 1. The Balaban J connectivity index is 1.93. The Hall–Kier alpha value is -3.17. The van der Waals surface area contributed by atoms with Crippen LogP contribution < -0.4 is 9.04 Å². The van der Waals surface area contributed by atoms with Gasteiger partial charge in [0.25, 0.3) is 10.0 Å². The van der Waals surface area contributed by atoms with Crippen LogP contribution in [-0.2, 0) is 21.4 Å². The van der Waals surface area contributed by atoms with Crippen LogP contribution in [0.4, 0.5) is 5.69 Å². The van der Waals surface area contributed by atoms with Gasteiger partial charge in [0.15, 0.2) is 0 Å². The minimum absolute atomic E-state index is 0.0328. The third-order valence-electron chi connectivity index (χ3n) is 4.96. The lowest BCUT2D eigenvalue weighted by molar-refractivity contribution is -0.131. The van der Waals surface area contributed by atoms with Crippen LogP contribution in [0, 0.1) is 13.8 Å². The molecule has 3 rings (SSSR count). The number of thiazole rings is 1. The number of hydrogen-bond donors (Lipinski definition) is 1. The molecule has 0 fully saturated rings. The van der Waals surface area contributed by atoms with Gasteiger partial charge in [0.05, 0.1) is 5.69 Å². The number of carboxylic acid groups (broad SMARTS) is 1. The van der Waals surface area contributed by atoms with Crippen molar-refractivity contribution in [2.24, 2.45) is 0 Å². The first kappa shape index (κ1) is 24.5. The molecule has 9 heteroatoms. The number of ether oxygens (including phenoxy) is 1. The van der Waals surface area contributed by atoms with Gasteiger partial charge in [-0.2, -0.15) is 8.42 Å². The molecule has 0 radical (unpaired) electrons. The highest BCUT2D eigenvalue weighted by atomic mass is 32.2. The summed E-state index contributed by atoms with van der Waals surface area (Å²) in [4.78, 5) is 14.7. The SMILES string of the molecule is Cc1cc(OCc2ccc(C=CC(=O)O)cc2)c(N(C(C)C)S(=O)(=O)c2nccs2)cc1C. The lowest BCUT2D eigenvalue weighted by Gasteiger charge is -2.29. The Labute approximate surface area is 198 Å². The molecule has 0 amide bonds. The van der Waals surface area contributed by atoms with Gasteiger partial charge < -0.3 is 9.84 Å². The molecule has 0 aliphatic carbocycles. The summed E-state index contributed by atoms with van der Waals surface area (Å²) in [7, 11) is -3.86. The van der Waals surface area contributed by atoms with Gasteiger partial charge in [0, 0.05) is 23.7 Å². The van der Waals surface area contributed by atoms with Gasteiger partial charge in [0.2, 0.25) is 4.34 Å². The molecule has 2 aromatic carbocycles. The molecule has 33 heavy (non-hydrogen) atoms. The highest BCUT2D eigenvalue weighted by Gasteiger charge is 2.32. The van der Waals surface area contributed by atoms with Crippen molar-refractivity contribution in [3.63, 3.8) is 0 Å². The van der Waals surface area contributed by atoms with Gasteiger partial charge in [-0.05, 0) is 68.2 Å². The fraction of sp³-hybridized carbons (Fsp3) is 0.250. The number of rotatable bonds is 9. The molecule has 0 aliphatic heterocycles. The standard InChI is InChI=1S/C24H26N2O5S2/c1-16(2)26(33(29,30)24-25-11-12-32-24)21-13-17(3)18(4)14-22(21)31-15-20-7-5-19(6-8-20)9-10-23(27)28/h5-14,16H,15H2,1-4H3,(H,27,28). The Morgan fingerprint density at radius 3 is 2.42 bits per heavy atom. The van der Waals surface area contributed by atoms with Crippen molar-refractivity contribution in [1.29, 1.82) is 0 Å². The van der Waals surface area contributed by atoms with E-state index < -0.39 is 16.0 Å². The first-order valence-electron chi connectivity index (χ1n) is 10.3. The topological polar surface area (TPSA) is 96.8 Å². The average Bonchev–Trinajstić information content (AvgIpc) is 3.30. The molecular formula is C24H26N2O5S2. The number of nitrogens with zero attached hydrogens (tertiary/aromatic N) is 2. The number of benzene rings is 2. The van der Waals surface area contributed by atoms with Crippen molar-refractivity contribution in [2.45, 2.75) is 44.7 Å². The summed E-state index contributed by atoms with van der Waals surface area (Å²) in [5.41, 5.74) is 4.02. The molecule has 1 aromatic heterocycles. The molecule has 0 bridgehead atoms. The van der Waals surface area contributed by atoms with Gasteiger partial charge >= 0.3 is 5.97 Å². The summed E-state index contributed by atoms with van der Waals surface area (Å²) in [5, 5.41) is 10.4. The Bertz CT molecular complexity index is 1250. The molecule has 0 saturated heterocycles. The van der Waals surface area contributed by atoms with Gasteiger partial charge in [-0.25, -0.2) is 9.78 Å². The molecule has 1 N–H and O–H groups in total. The second-order valence-corrected chi connectivity index (χ2v) is 10.7. The molecule has 0 aliphatic rings. The fourth-order valence-corrected chi connectivity index (χ4v) is 5.80. The zero-order chi connectivity index (χ0) is 24.2. The number of sulfonamides is 1. The van der Waals surface area contributed by atoms with Crippen LogP contribution in [-0.4, -0.2) is 30.5 Å². The first-order chi connectivity index (χ1) is 15.6. The Kier molecular flexibility index (Phi) is 7.55. The van der Waals surface area contributed by atoms with Crippen LogP contribution in [0.5, 0.6) is 5.75 Å². The summed E-state index contributed by atoms with van der Waals surface area (Å²) in [6, 6.07) is 10.6. The molecule has 0 unspecified atom stereocenters. The number of aromatic nitrogens is 1. The van der Waals surface area contributed by atoms with Gasteiger partial charge in [-0.15, -0.1) is 11.3 Å². The van der Waals surface area contributed by atoms with E-state index in [-0.39, 0.29) is 17.0 Å². The van der Waals surface area contributed by atoms with Crippen LogP contribution in [0.25, 0.3) is 6.08 Å². The summed E-state index contributed by atoms with van der Waals surface area (Å²) < 4.78 is 34.2. The molecule has 1 heterocycles. The van der Waals surface area contributed by atoms with E-state index in [9.17, 15) is 13.2 Å². The van der Waals surface area contributed by atoms with Gasteiger partial charge in [0.1, 0.15) is 12.4 Å². The summed E-state index contributed by atoms with van der Waals surface area (Å²) in [6.07, 6.45) is 4.07. The lowest BCUT2D eigenvalue weighted by atomic mass is 10.1. The quantitative estimate of drug-likeness (QED) is 0.426. The summed E-state index contributed by atoms with van der Waals surface area (Å²) in [5.74, 6) is -0.547. The van der Waals surface area contributed by atoms with E-state index in [1.165, 1.54) is 16.6 Å². The molecule has 0 atom stereocenters. The van der Waals surface area contributed by atoms with E-state index in [0.717, 1.165) is 39.7 Å².